The zero-order chi connectivity index (χ0) is 14.7. The first-order chi connectivity index (χ1) is 10.2. The van der Waals surface area contributed by atoms with E-state index in [2.05, 4.69) is 10.3 Å². The molecule has 4 heteroatoms. The van der Waals surface area contributed by atoms with Gasteiger partial charge in [0.15, 0.2) is 0 Å². The molecule has 0 fully saturated rings. The topological polar surface area (TPSA) is 27.8 Å². The van der Waals surface area contributed by atoms with Crippen LogP contribution in [0.2, 0.25) is 5.02 Å². The van der Waals surface area contributed by atoms with Gasteiger partial charge in [-0.25, -0.2) is 4.39 Å². The summed E-state index contributed by atoms with van der Waals surface area (Å²) in [6.07, 6.45) is 2.66. The normalized spacial score (nSPS) is 11.1. The van der Waals surface area contributed by atoms with Gasteiger partial charge in [0.2, 0.25) is 0 Å². The lowest BCUT2D eigenvalue weighted by atomic mass is 10.1. The van der Waals surface area contributed by atoms with Gasteiger partial charge in [0.25, 0.3) is 0 Å². The van der Waals surface area contributed by atoms with Crippen molar-refractivity contribution in [2.45, 2.75) is 13.0 Å². The van der Waals surface area contributed by atoms with E-state index >= 15 is 0 Å². The highest BCUT2D eigenvalue weighted by molar-refractivity contribution is 6.31. The van der Waals surface area contributed by atoms with Gasteiger partial charge in [0.1, 0.15) is 5.82 Å². The number of nitrogens with one attached hydrogen (secondary N) is 2. The molecule has 1 heterocycles. The van der Waals surface area contributed by atoms with Crippen LogP contribution in [0, 0.1) is 5.82 Å². The molecule has 108 valence electrons. The third-order valence-corrected chi connectivity index (χ3v) is 3.81. The second-order valence-corrected chi connectivity index (χ2v) is 5.46. The van der Waals surface area contributed by atoms with E-state index in [1.807, 2.05) is 36.5 Å². The smallest absolute Gasteiger partial charge is 0.126 e. The van der Waals surface area contributed by atoms with Crippen LogP contribution in [0.25, 0.3) is 10.9 Å². The van der Waals surface area contributed by atoms with Gasteiger partial charge in [0, 0.05) is 28.7 Å². The van der Waals surface area contributed by atoms with Crippen molar-refractivity contribution in [2.75, 3.05) is 6.54 Å². The fraction of sp³-hybridized carbons (Fsp3) is 0.176. The summed E-state index contributed by atoms with van der Waals surface area (Å²) in [6, 6.07) is 12.7. The maximum Gasteiger partial charge on any atom is 0.126 e. The van der Waals surface area contributed by atoms with E-state index in [9.17, 15) is 4.39 Å². The second kappa shape index (κ2) is 6.29. The minimum atomic E-state index is -0.138. The van der Waals surface area contributed by atoms with Crippen molar-refractivity contribution in [2.24, 2.45) is 0 Å². The van der Waals surface area contributed by atoms with E-state index in [1.54, 1.807) is 6.07 Å². The molecule has 0 aliphatic heterocycles. The van der Waals surface area contributed by atoms with Crippen LogP contribution >= 0.6 is 11.6 Å². The summed E-state index contributed by atoms with van der Waals surface area (Å²) < 4.78 is 13.5. The average Bonchev–Trinajstić information content (AvgIpc) is 2.87. The van der Waals surface area contributed by atoms with Crippen LogP contribution < -0.4 is 5.32 Å². The Labute approximate surface area is 127 Å². The van der Waals surface area contributed by atoms with Crippen LogP contribution in [-0.4, -0.2) is 11.5 Å². The van der Waals surface area contributed by atoms with Crippen molar-refractivity contribution >= 4 is 22.5 Å². The fourth-order valence-corrected chi connectivity index (χ4v) is 2.62. The van der Waals surface area contributed by atoms with E-state index in [0.29, 0.717) is 6.42 Å². The summed E-state index contributed by atoms with van der Waals surface area (Å²) in [5.74, 6) is -0.138. The highest BCUT2D eigenvalue weighted by atomic mass is 35.5. The molecule has 0 spiro atoms. The molecule has 0 radical (unpaired) electrons. The van der Waals surface area contributed by atoms with E-state index in [4.69, 9.17) is 11.6 Å². The third-order valence-electron chi connectivity index (χ3n) is 3.57. The van der Waals surface area contributed by atoms with Crippen molar-refractivity contribution < 1.29 is 4.39 Å². The van der Waals surface area contributed by atoms with Crippen LogP contribution in [-0.2, 0) is 13.0 Å². The first-order valence-corrected chi connectivity index (χ1v) is 7.31. The molecule has 0 saturated carbocycles. The van der Waals surface area contributed by atoms with Gasteiger partial charge >= 0.3 is 0 Å². The van der Waals surface area contributed by atoms with Crippen molar-refractivity contribution in [3.63, 3.8) is 0 Å². The predicted octanol–water partition coefficient (Wildman–Crippen LogP) is 4.29. The van der Waals surface area contributed by atoms with E-state index < -0.39 is 0 Å². The number of halogens is 2. The Kier molecular flexibility index (Phi) is 4.23. The Morgan fingerprint density at radius 2 is 1.95 bits per heavy atom. The maximum absolute atomic E-state index is 13.5. The van der Waals surface area contributed by atoms with Crippen LogP contribution in [0.1, 0.15) is 11.1 Å². The van der Waals surface area contributed by atoms with Gasteiger partial charge in [-0.3, -0.25) is 0 Å². The Bertz CT molecular complexity index is 751. The number of H-pyrrole nitrogens is 1. The minimum Gasteiger partial charge on any atom is -0.361 e. The number of benzene rings is 2. The van der Waals surface area contributed by atoms with Crippen molar-refractivity contribution in [1.29, 1.82) is 0 Å². The lowest BCUT2D eigenvalue weighted by molar-refractivity contribution is 0.598. The first-order valence-electron chi connectivity index (χ1n) is 6.93. The van der Waals surface area contributed by atoms with Crippen molar-refractivity contribution in [3.8, 4) is 0 Å². The quantitative estimate of drug-likeness (QED) is 0.676. The molecule has 0 saturated heterocycles. The number of hydrogen-bond donors (Lipinski definition) is 2. The number of aromatic nitrogens is 1. The van der Waals surface area contributed by atoms with Gasteiger partial charge in [-0.2, -0.15) is 0 Å². The average molecular weight is 303 g/mol. The SMILES string of the molecule is Fc1ccccc1CCNCc1c[nH]c2cc(Cl)ccc12. The fourth-order valence-electron chi connectivity index (χ4n) is 2.45. The van der Waals surface area contributed by atoms with Gasteiger partial charge < -0.3 is 10.3 Å². The zero-order valence-electron chi connectivity index (χ0n) is 11.5. The summed E-state index contributed by atoms with van der Waals surface area (Å²) >= 11 is 5.97. The number of rotatable bonds is 5. The molecule has 0 aliphatic carbocycles. The van der Waals surface area contributed by atoms with E-state index in [1.165, 1.54) is 11.6 Å². The van der Waals surface area contributed by atoms with Crippen LogP contribution in [0.15, 0.2) is 48.7 Å². The molecule has 0 atom stereocenters. The predicted molar refractivity (Wildman–Crippen MR) is 85.1 cm³/mol. The molecule has 1 aromatic heterocycles. The van der Waals surface area contributed by atoms with Crippen LogP contribution in [0.3, 0.4) is 0 Å². The molecular formula is C17H16ClFN2. The molecule has 2 nitrogen and oxygen atoms in total. The Hall–Kier alpha value is -1.84. The Morgan fingerprint density at radius 1 is 1.10 bits per heavy atom. The largest absolute Gasteiger partial charge is 0.361 e. The lowest BCUT2D eigenvalue weighted by Gasteiger charge is -2.05. The molecule has 0 amide bonds. The van der Waals surface area contributed by atoms with Gasteiger partial charge in [-0.1, -0.05) is 35.9 Å². The second-order valence-electron chi connectivity index (χ2n) is 5.02. The van der Waals surface area contributed by atoms with Gasteiger partial charge in [-0.15, -0.1) is 0 Å². The summed E-state index contributed by atoms with van der Waals surface area (Å²) in [4.78, 5) is 3.21. The van der Waals surface area contributed by atoms with Crippen molar-refractivity contribution in [3.05, 3.63) is 70.6 Å². The molecule has 3 aromatic rings. The number of aromatic amines is 1. The molecule has 21 heavy (non-hydrogen) atoms. The Balaban J connectivity index is 1.59. The number of hydrogen-bond acceptors (Lipinski definition) is 1. The summed E-state index contributed by atoms with van der Waals surface area (Å²) in [5.41, 5.74) is 2.97. The van der Waals surface area contributed by atoms with Crippen LogP contribution in [0.5, 0.6) is 0 Å². The maximum atomic E-state index is 13.5. The first kappa shape index (κ1) is 14.1. The molecule has 2 N–H and O–H groups in total. The van der Waals surface area contributed by atoms with E-state index in [-0.39, 0.29) is 5.82 Å². The molecule has 3 rings (SSSR count). The van der Waals surface area contributed by atoms with Gasteiger partial charge in [-0.05, 0) is 42.3 Å². The van der Waals surface area contributed by atoms with Crippen LogP contribution in [0.4, 0.5) is 4.39 Å². The summed E-state index contributed by atoms with van der Waals surface area (Å²) in [6.45, 7) is 1.48. The molecule has 0 unspecified atom stereocenters. The Morgan fingerprint density at radius 3 is 2.81 bits per heavy atom. The third kappa shape index (κ3) is 3.26. The summed E-state index contributed by atoms with van der Waals surface area (Å²) in [5, 5.41) is 5.24. The number of fused-ring (bicyclic) bond motifs is 1. The molecule has 2 aromatic carbocycles. The van der Waals surface area contributed by atoms with Crippen molar-refractivity contribution in [1.82, 2.24) is 10.3 Å². The highest BCUT2D eigenvalue weighted by Gasteiger charge is 2.04. The van der Waals surface area contributed by atoms with E-state index in [0.717, 1.165) is 34.6 Å². The molecule has 0 aliphatic rings. The van der Waals surface area contributed by atoms with Gasteiger partial charge in [0.05, 0.1) is 0 Å². The minimum absolute atomic E-state index is 0.138. The zero-order valence-corrected chi connectivity index (χ0v) is 12.3. The summed E-state index contributed by atoms with van der Waals surface area (Å²) in [7, 11) is 0. The lowest BCUT2D eigenvalue weighted by Crippen LogP contribution is -2.16. The molecule has 0 bridgehead atoms. The molecular weight excluding hydrogens is 287 g/mol. The standard InChI is InChI=1S/C17H16ClFN2/c18-14-5-6-15-13(11-21-17(15)9-14)10-20-8-7-12-3-1-2-4-16(12)19/h1-6,9,11,20-21H,7-8,10H2. The highest BCUT2D eigenvalue weighted by Crippen LogP contribution is 2.21. The monoisotopic (exact) mass is 302 g/mol.